The molecule has 0 saturated heterocycles. The molecule has 4 aromatic carbocycles. The summed E-state index contributed by atoms with van der Waals surface area (Å²) in [4.78, 5) is 58.2. The Balaban J connectivity index is 0.904. The van der Waals surface area contributed by atoms with Crippen LogP contribution in [-0.4, -0.2) is 93.3 Å². The summed E-state index contributed by atoms with van der Waals surface area (Å²) in [7, 11) is 0. The van der Waals surface area contributed by atoms with Gasteiger partial charge in [0.2, 0.25) is 5.13 Å². The third-order valence-corrected chi connectivity index (χ3v) is 15.8. The molecule has 2 aliphatic carbocycles. The number of para-hydroxylation sites is 1. The Morgan fingerprint density at radius 1 is 0.699 bits per heavy atom. The van der Waals surface area contributed by atoms with Crippen LogP contribution >= 0.6 is 11.3 Å². The zero-order chi connectivity index (χ0) is 58.3. The molecule has 0 amide bonds. The highest BCUT2D eigenvalue weighted by molar-refractivity contribution is 7.22. The summed E-state index contributed by atoms with van der Waals surface area (Å²) in [5.41, 5.74) is 2.31. The fraction of sp³-hybridized carbons (Fsp3) is 0.492. The van der Waals surface area contributed by atoms with E-state index in [1.54, 1.807) is 35.8 Å². The lowest BCUT2D eigenvalue weighted by atomic mass is 9.78. The Bertz CT molecular complexity index is 2720. The summed E-state index contributed by atoms with van der Waals surface area (Å²) in [5, 5.41) is 17.6. The van der Waals surface area contributed by atoms with Gasteiger partial charge in [-0.2, -0.15) is 9.99 Å². The Morgan fingerprint density at radius 3 is 1.94 bits per heavy atom. The maximum atomic E-state index is 13.8. The first kappa shape index (κ1) is 63.7. The maximum absolute atomic E-state index is 13.8. The van der Waals surface area contributed by atoms with Crippen molar-refractivity contribution in [1.29, 1.82) is 0 Å². The van der Waals surface area contributed by atoms with Crippen molar-refractivity contribution in [3.63, 3.8) is 0 Å². The average molecular weight is 1160 g/mol. The van der Waals surface area contributed by atoms with E-state index < -0.39 is 18.0 Å². The van der Waals surface area contributed by atoms with E-state index in [4.69, 9.17) is 57.9 Å². The molecule has 0 radical (unpaired) electrons. The first-order valence-corrected chi connectivity index (χ1v) is 30.4. The highest BCUT2D eigenvalue weighted by atomic mass is 32.1. The predicted octanol–water partition coefficient (Wildman–Crippen LogP) is 14.2. The number of hydrazone groups is 1. The van der Waals surface area contributed by atoms with Gasteiger partial charge in [-0.25, -0.2) is 24.5 Å². The molecule has 1 heterocycles. The van der Waals surface area contributed by atoms with Crippen LogP contribution in [0.2, 0.25) is 0 Å². The Morgan fingerprint density at radius 2 is 1.31 bits per heavy atom. The zero-order valence-electron chi connectivity index (χ0n) is 48.1. The van der Waals surface area contributed by atoms with Gasteiger partial charge >= 0.3 is 17.9 Å². The number of carbonyl (C=O) groups excluding carboxylic acids is 3. The van der Waals surface area contributed by atoms with E-state index in [1.165, 1.54) is 12.2 Å². The van der Waals surface area contributed by atoms with Crippen LogP contribution in [0.15, 0.2) is 121 Å². The lowest BCUT2D eigenvalue weighted by Crippen LogP contribution is -2.30. The fourth-order valence-corrected chi connectivity index (χ4v) is 10.9. The minimum Gasteiger partial charge on any atom is -0.494 e. The first-order chi connectivity index (χ1) is 40.7. The molecule has 1 N–H and O–H groups in total. The predicted molar refractivity (Wildman–Crippen MR) is 320 cm³/mol. The Labute approximate surface area is 492 Å². The standard InChI is InChI=1S/C65H83N3O14S/c1-4-7-39-73-44-38-68(65-67-58-18-12-13-19-60(58)83-65)66-46-52-45-57(80-64(71)51-26-30-55(31-27-51)79-56-34-32-54(33-35-56)75-41-15-9-11-17-43-77-62(70)6-3)36-37-59(52)82-78-47-48-20-22-49(23-21-48)63(81-72)50-24-28-53(29-25-50)74-40-14-8-10-16-42-76-61(69)5-2/h5-6,12-13,18-19,24-25,28-29,32-37,45-46,48-49,51,55,63,72H,2-4,7-11,14-17,20-23,26-27,30-31,38-44,47H2,1H3/b66-46+/t48?,49?,51?,55?,63-/m0/s1. The number of rotatable bonds is 38. The number of aromatic nitrogens is 1. The minimum absolute atomic E-state index is 0.0273. The fourth-order valence-electron chi connectivity index (χ4n) is 9.98. The normalized spacial score (nSPS) is 17.3. The van der Waals surface area contributed by atoms with E-state index in [-0.39, 0.29) is 29.8 Å². The SMILES string of the molecule is C=CC(=O)OCCCCCCOc1ccc(OC2CCC(C(=O)Oc3ccc(OOCC4CCC([C@H](OO)c5ccc(OCCCCCCOC(=O)C=C)cc5)CC4)c(/C=N/N(CCOCCCC)c4nc5ccccc5s4)c3)CC2)cc1. The van der Waals surface area contributed by atoms with Crippen LogP contribution in [0.1, 0.15) is 140 Å². The molecule has 0 spiro atoms. The number of esters is 3. The van der Waals surface area contributed by atoms with Gasteiger partial charge in [0.15, 0.2) is 5.75 Å². The lowest BCUT2D eigenvalue weighted by molar-refractivity contribution is -0.296. The maximum Gasteiger partial charge on any atom is 0.330 e. The molecule has 1 aromatic heterocycles. The van der Waals surface area contributed by atoms with Gasteiger partial charge in [-0.1, -0.05) is 62.1 Å². The van der Waals surface area contributed by atoms with Gasteiger partial charge in [-0.05, 0) is 193 Å². The monoisotopic (exact) mass is 1160 g/mol. The molecule has 18 heteroatoms. The summed E-state index contributed by atoms with van der Waals surface area (Å²) < 4.78 is 41.4. The third kappa shape index (κ3) is 22.0. The van der Waals surface area contributed by atoms with Crippen LogP contribution in [0.25, 0.3) is 10.2 Å². The highest BCUT2D eigenvalue weighted by Gasteiger charge is 2.31. The van der Waals surface area contributed by atoms with Gasteiger partial charge in [-0.3, -0.25) is 10.1 Å². The van der Waals surface area contributed by atoms with Gasteiger partial charge in [0.25, 0.3) is 0 Å². The molecule has 2 fully saturated rings. The molecule has 0 unspecified atom stereocenters. The molecule has 0 bridgehead atoms. The van der Waals surface area contributed by atoms with Crippen LogP contribution in [0.3, 0.4) is 0 Å². The Kier molecular flexibility index (Phi) is 27.7. The van der Waals surface area contributed by atoms with E-state index in [2.05, 4.69) is 20.1 Å². The van der Waals surface area contributed by atoms with Gasteiger partial charge in [0.05, 0.1) is 74.6 Å². The van der Waals surface area contributed by atoms with E-state index in [0.29, 0.717) is 101 Å². The minimum atomic E-state index is -0.472. The number of nitrogens with zero attached hydrogens (tertiary/aromatic N) is 3. The number of benzene rings is 4. The molecular formula is C65H83N3O14S. The van der Waals surface area contributed by atoms with Crippen molar-refractivity contribution in [1.82, 2.24) is 4.98 Å². The van der Waals surface area contributed by atoms with Crippen molar-refractivity contribution >= 4 is 50.8 Å². The van der Waals surface area contributed by atoms with E-state index in [1.807, 2.05) is 77.8 Å². The smallest absolute Gasteiger partial charge is 0.330 e. The van der Waals surface area contributed by atoms with Gasteiger partial charge < -0.3 is 38.0 Å². The van der Waals surface area contributed by atoms with Crippen molar-refractivity contribution < 1.29 is 67.5 Å². The number of hydrogen-bond acceptors (Lipinski definition) is 18. The molecule has 7 rings (SSSR count). The second-order valence-corrected chi connectivity index (χ2v) is 22.0. The number of hydrogen-bond donors (Lipinski definition) is 1. The topological polar surface area (TPSA) is 192 Å². The van der Waals surface area contributed by atoms with E-state index >= 15 is 0 Å². The molecule has 2 saturated carbocycles. The largest absolute Gasteiger partial charge is 0.494 e. The van der Waals surface area contributed by atoms with Crippen LogP contribution in [0, 0.1) is 17.8 Å². The molecule has 0 aliphatic heterocycles. The molecule has 448 valence electrons. The third-order valence-electron chi connectivity index (χ3n) is 14.8. The van der Waals surface area contributed by atoms with Crippen molar-refractivity contribution in [2.75, 3.05) is 57.8 Å². The van der Waals surface area contributed by atoms with Crippen molar-refractivity contribution in [2.24, 2.45) is 22.9 Å². The summed E-state index contributed by atoms with van der Waals surface area (Å²) >= 11 is 1.54. The van der Waals surface area contributed by atoms with Gasteiger partial charge in [0.1, 0.15) is 29.1 Å². The van der Waals surface area contributed by atoms with E-state index in [9.17, 15) is 19.6 Å². The number of carbonyl (C=O) groups is 3. The first-order valence-electron chi connectivity index (χ1n) is 29.6. The number of thiazole rings is 1. The molecular weight excluding hydrogens is 1080 g/mol. The van der Waals surface area contributed by atoms with Crippen LogP contribution in [-0.2, 0) is 38.4 Å². The average Bonchev–Trinajstić information content (AvgIpc) is 4.12. The van der Waals surface area contributed by atoms with E-state index in [0.717, 1.165) is 123 Å². The second-order valence-electron chi connectivity index (χ2n) is 21.0. The zero-order valence-corrected chi connectivity index (χ0v) is 48.9. The summed E-state index contributed by atoms with van der Waals surface area (Å²) in [5.74, 6) is 2.00. The number of ether oxygens (including phenoxy) is 7. The van der Waals surface area contributed by atoms with Crippen LogP contribution in [0.5, 0.6) is 28.7 Å². The Hall–Kier alpha value is -6.83. The summed E-state index contributed by atoms with van der Waals surface area (Å²) in [6, 6.07) is 28.6. The summed E-state index contributed by atoms with van der Waals surface area (Å²) in [6.45, 7) is 12.8. The van der Waals surface area contributed by atoms with Gasteiger partial charge in [-0.15, -0.1) is 0 Å². The van der Waals surface area contributed by atoms with Crippen LogP contribution < -0.4 is 28.8 Å². The second kappa shape index (κ2) is 36.0. The highest BCUT2D eigenvalue weighted by Crippen LogP contribution is 2.40. The number of fused-ring (bicyclic) bond motifs is 1. The van der Waals surface area contributed by atoms with Crippen molar-refractivity contribution in [3.05, 3.63) is 127 Å². The quantitative estimate of drug-likeness (QED) is 0.00745. The van der Waals surface area contributed by atoms with Gasteiger partial charge in [0, 0.05) is 24.3 Å². The molecule has 83 heavy (non-hydrogen) atoms. The van der Waals surface area contributed by atoms with Crippen LogP contribution in [0.4, 0.5) is 5.13 Å². The summed E-state index contributed by atoms with van der Waals surface area (Å²) in [6.07, 6.45) is 18.8. The number of anilines is 1. The molecule has 1 atom stereocenters. The molecule has 17 nitrogen and oxygen atoms in total. The van der Waals surface area contributed by atoms with Crippen molar-refractivity contribution in [2.45, 2.75) is 135 Å². The molecule has 5 aromatic rings. The van der Waals surface area contributed by atoms with Crippen molar-refractivity contribution in [3.8, 4) is 28.7 Å². The number of unbranched alkanes of at least 4 members (excludes halogenated alkanes) is 7. The molecule has 2 aliphatic rings. The lowest BCUT2D eigenvalue weighted by Gasteiger charge is -2.32.